The summed E-state index contributed by atoms with van der Waals surface area (Å²) < 4.78 is 21.8. The van der Waals surface area contributed by atoms with Crippen molar-refractivity contribution in [3.63, 3.8) is 0 Å². The summed E-state index contributed by atoms with van der Waals surface area (Å²) in [6.45, 7) is 4.74. The third-order valence-corrected chi connectivity index (χ3v) is 7.05. The van der Waals surface area contributed by atoms with Crippen LogP contribution in [0.4, 0.5) is 0 Å². The van der Waals surface area contributed by atoms with Gasteiger partial charge in [0.05, 0.1) is 37.1 Å². The lowest BCUT2D eigenvalue weighted by Crippen LogP contribution is -2.51. The van der Waals surface area contributed by atoms with Crippen molar-refractivity contribution in [1.29, 1.82) is 0 Å². The maximum Gasteiger partial charge on any atom is 0.334 e. The first-order chi connectivity index (χ1) is 14.2. The summed E-state index contributed by atoms with van der Waals surface area (Å²) in [5.41, 5.74) is 0.713. The standard InChI is InChI=1S/C22H26O8/c1-10-14-15-13(24)5-7-22(3,21(26)27-4)17(15)19(29-11(2)23)16(14)18(30-20(10)25)12-6-8-28-9-12/h6,8-9,13,15-19,24H,5,7H2,1-4H3/t13-,15-,16-,17+,18+,19-,22-/m1/s1. The van der Waals surface area contributed by atoms with Gasteiger partial charge in [-0.3, -0.25) is 9.59 Å². The largest absolute Gasteiger partial charge is 0.472 e. The summed E-state index contributed by atoms with van der Waals surface area (Å²) in [5, 5.41) is 11.0. The zero-order chi connectivity index (χ0) is 21.8. The molecule has 30 heavy (non-hydrogen) atoms. The highest BCUT2D eigenvalue weighted by Crippen LogP contribution is 2.62. The lowest BCUT2D eigenvalue weighted by molar-refractivity contribution is -0.177. The molecule has 7 atom stereocenters. The molecule has 2 aliphatic carbocycles. The van der Waals surface area contributed by atoms with Crippen molar-refractivity contribution in [3.8, 4) is 0 Å². The normalized spacial score (nSPS) is 37.8. The highest BCUT2D eigenvalue weighted by Gasteiger charge is 2.66. The molecule has 1 aromatic heterocycles. The molecule has 8 nitrogen and oxygen atoms in total. The Morgan fingerprint density at radius 1 is 1.30 bits per heavy atom. The van der Waals surface area contributed by atoms with Crippen molar-refractivity contribution in [2.24, 2.45) is 23.2 Å². The molecule has 1 aromatic rings. The van der Waals surface area contributed by atoms with Gasteiger partial charge in [-0.05, 0) is 38.3 Å². The first kappa shape index (κ1) is 20.7. The van der Waals surface area contributed by atoms with Gasteiger partial charge in [-0.1, -0.05) is 0 Å². The van der Waals surface area contributed by atoms with E-state index in [2.05, 4.69) is 0 Å². The molecular formula is C22H26O8. The third-order valence-electron chi connectivity index (χ3n) is 7.05. The van der Waals surface area contributed by atoms with Crippen LogP contribution in [0, 0.1) is 23.2 Å². The topological polar surface area (TPSA) is 112 Å². The van der Waals surface area contributed by atoms with E-state index >= 15 is 0 Å². The van der Waals surface area contributed by atoms with E-state index in [1.807, 2.05) is 0 Å². The van der Waals surface area contributed by atoms with E-state index in [9.17, 15) is 19.5 Å². The number of cyclic esters (lactones) is 1. The fourth-order valence-electron chi connectivity index (χ4n) is 5.77. The van der Waals surface area contributed by atoms with Crippen LogP contribution in [-0.4, -0.2) is 42.3 Å². The average molecular weight is 418 g/mol. The molecule has 4 rings (SSSR count). The van der Waals surface area contributed by atoms with Gasteiger partial charge in [-0.25, -0.2) is 4.79 Å². The Morgan fingerprint density at radius 3 is 2.63 bits per heavy atom. The van der Waals surface area contributed by atoms with Gasteiger partial charge in [0.25, 0.3) is 0 Å². The Kier molecular flexibility index (Phi) is 5.00. The van der Waals surface area contributed by atoms with Gasteiger partial charge >= 0.3 is 17.9 Å². The number of carbonyl (C=O) groups excluding carboxylic acids is 3. The van der Waals surface area contributed by atoms with Crippen molar-refractivity contribution in [1.82, 2.24) is 0 Å². The van der Waals surface area contributed by atoms with Crippen LogP contribution in [0.5, 0.6) is 0 Å². The molecule has 1 N–H and O–H groups in total. The van der Waals surface area contributed by atoms with Crippen LogP contribution in [0.25, 0.3) is 0 Å². The number of hydrogen-bond acceptors (Lipinski definition) is 8. The van der Waals surface area contributed by atoms with E-state index in [1.54, 1.807) is 19.9 Å². The van der Waals surface area contributed by atoms with Crippen LogP contribution in [0.1, 0.15) is 45.3 Å². The summed E-state index contributed by atoms with van der Waals surface area (Å²) in [5.74, 6) is -3.04. The SMILES string of the molecule is COC(=O)[C@]1(C)CC[C@@H](O)[C@@H]2C3=C(C)C(=O)O[C@@H](c4ccoc4)[C@@H]3[C@@H](OC(C)=O)[C@H]21. The summed E-state index contributed by atoms with van der Waals surface area (Å²) in [6.07, 6.45) is 1.40. The molecule has 0 aromatic carbocycles. The molecule has 0 spiro atoms. The minimum Gasteiger partial charge on any atom is -0.472 e. The zero-order valence-corrected chi connectivity index (χ0v) is 17.4. The predicted octanol–water partition coefficient (Wildman–Crippen LogP) is 2.32. The van der Waals surface area contributed by atoms with E-state index in [-0.39, 0.29) is 0 Å². The van der Waals surface area contributed by atoms with Crippen LogP contribution in [0.15, 0.2) is 34.2 Å². The van der Waals surface area contributed by atoms with Crippen molar-refractivity contribution >= 4 is 17.9 Å². The molecule has 1 aliphatic heterocycles. The summed E-state index contributed by atoms with van der Waals surface area (Å²) in [4.78, 5) is 37.6. The Balaban J connectivity index is 1.93. The fourth-order valence-corrected chi connectivity index (χ4v) is 5.77. The van der Waals surface area contributed by atoms with E-state index in [1.165, 1.54) is 26.6 Å². The molecule has 8 heteroatoms. The Morgan fingerprint density at radius 2 is 2.03 bits per heavy atom. The van der Waals surface area contributed by atoms with E-state index in [0.717, 1.165) is 0 Å². The Bertz CT molecular complexity index is 900. The second kappa shape index (κ2) is 7.27. The number of hydrogen-bond donors (Lipinski definition) is 1. The Hall–Kier alpha value is -2.61. The third kappa shape index (κ3) is 2.88. The number of ether oxygens (including phenoxy) is 3. The average Bonchev–Trinajstić information content (AvgIpc) is 3.34. The van der Waals surface area contributed by atoms with Crippen molar-refractivity contribution in [2.75, 3.05) is 7.11 Å². The zero-order valence-electron chi connectivity index (χ0n) is 17.4. The highest BCUT2D eigenvalue weighted by molar-refractivity contribution is 5.90. The minimum atomic E-state index is -0.993. The van der Waals surface area contributed by atoms with Crippen LogP contribution in [0.2, 0.25) is 0 Å². The van der Waals surface area contributed by atoms with Gasteiger partial charge in [0, 0.05) is 29.9 Å². The van der Waals surface area contributed by atoms with Gasteiger partial charge in [-0.2, -0.15) is 0 Å². The van der Waals surface area contributed by atoms with Crippen molar-refractivity contribution < 1.29 is 38.1 Å². The molecule has 0 bridgehead atoms. The maximum atomic E-state index is 12.9. The number of furan rings is 1. The second-order valence-electron chi connectivity index (χ2n) is 8.63. The molecule has 2 heterocycles. The summed E-state index contributed by atoms with van der Waals surface area (Å²) in [7, 11) is 1.32. The number of carbonyl (C=O) groups is 3. The van der Waals surface area contributed by atoms with Crippen LogP contribution >= 0.6 is 0 Å². The van der Waals surface area contributed by atoms with E-state index in [4.69, 9.17) is 18.6 Å². The molecule has 2 saturated carbocycles. The highest BCUT2D eigenvalue weighted by atomic mass is 16.6. The molecule has 2 fully saturated rings. The van der Waals surface area contributed by atoms with Crippen molar-refractivity contribution in [2.45, 2.75) is 51.9 Å². The lowest BCUT2D eigenvalue weighted by Gasteiger charge is -2.45. The molecule has 3 aliphatic rings. The van der Waals surface area contributed by atoms with Gasteiger partial charge in [-0.15, -0.1) is 0 Å². The molecule has 162 valence electrons. The molecule has 0 saturated heterocycles. The van der Waals surface area contributed by atoms with Gasteiger partial charge < -0.3 is 23.7 Å². The Labute approximate surface area is 174 Å². The van der Waals surface area contributed by atoms with Crippen LogP contribution in [-0.2, 0) is 28.6 Å². The first-order valence-electron chi connectivity index (χ1n) is 10.1. The van der Waals surface area contributed by atoms with E-state index < -0.39 is 59.4 Å². The minimum absolute atomic E-state index is 0.370. The van der Waals surface area contributed by atoms with Crippen LogP contribution in [0.3, 0.4) is 0 Å². The quantitative estimate of drug-likeness (QED) is 0.588. The number of rotatable bonds is 3. The molecular weight excluding hydrogens is 392 g/mol. The van der Waals surface area contributed by atoms with Crippen molar-refractivity contribution in [3.05, 3.63) is 35.3 Å². The molecule has 0 unspecified atom stereocenters. The monoisotopic (exact) mass is 418 g/mol. The number of esters is 3. The van der Waals surface area contributed by atoms with Gasteiger partial charge in [0.2, 0.25) is 0 Å². The number of methoxy groups -OCH3 is 1. The number of aliphatic hydroxyl groups is 1. The second-order valence-corrected chi connectivity index (χ2v) is 8.63. The van der Waals surface area contributed by atoms with E-state index in [0.29, 0.717) is 29.6 Å². The molecule has 0 radical (unpaired) electrons. The number of aliphatic hydroxyl groups excluding tert-OH is 1. The summed E-state index contributed by atoms with van der Waals surface area (Å²) in [6, 6.07) is 1.69. The smallest absolute Gasteiger partial charge is 0.334 e. The maximum absolute atomic E-state index is 12.9. The van der Waals surface area contributed by atoms with Gasteiger partial charge in [0.15, 0.2) is 0 Å². The van der Waals surface area contributed by atoms with Gasteiger partial charge in [0.1, 0.15) is 12.2 Å². The molecule has 0 amide bonds. The fraction of sp³-hybridized carbons (Fsp3) is 0.591. The predicted molar refractivity (Wildman–Crippen MR) is 102 cm³/mol. The number of fused-ring (bicyclic) bond motifs is 3. The van der Waals surface area contributed by atoms with Crippen LogP contribution < -0.4 is 0 Å². The summed E-state index contributed by atoms with van der Waals surface area (Å²) >= 11 is 0. The first-order valence-corrected chi connectivity index (χ1v) is 10.1. The lowest BCUT2D eigenvalue weighted by atomic mass is 9.61.